The van der Waals surface area contributed by atoms with E-state index in [9.17, 15) is 13.2 Å². The molecule has 0 unspecified atom stereocenters. The Morgan fingerprint density at radius 1 is 1.10 bits per heavy atom. The minimum atomic E-state index is -3.56. The number of rotatable bonds is 7. The van der Waals surface area contributed by atoms with Gasteiger partial charge >= 0.3 is 0 Å². The number of aromatic nitrogens is 1. The van der Waals surface area contributed by atoms with Gasteiger partial charge in [0.25, 0.3) is 5.91 Å². The fourth-order valence-corrected chi connectivity index (χ4v) is 5.37. The maximum absolute atomic E-state index is 12.6. The zero-order valence-electron chi connectivity index (χ0n) is 17.0. The standard InChI is InChI=1S/C22H21N3O4S2/c1-3-25(4-2)31(27,28)17-11-9-15(10-12-17)21(26)24-22-23-18(14-30-22)20-13-16-7-5-6-8-19(16)29-20/h5-14H,3-4H2,1-2H3,(H,23,24,26). The Hall–Kier alpha value is -3.01. The average molecular weight is 456 g/mol. The van der Waals surface area contributed by atoms with Gasteiger partial charge in [-0.25, -0.2) is 13.4 Å². The van der Waals surface area contributed by atoms with Gasteiger partial charge < -0.3 is 4.42 Å². The van der Waals surface area contributed by atoms with E-state index in [2.05, 4.69) is 10.3 Å². The number of nitrogens with one attached hydrogen (secondary N) is 1. The molecule has 1 amide bonds. The molecule has 1 N–H and O–H groups in total. The minimum absolute atomic E-state index is 0.161. The van der Waals surface area contributed by atoms with Crippen LogP contribution in [0.15, 0.2) is 69.3 Å². The summed E-state index contributed by atoms with van der Waals surface area (Å²) in [6.45, 7) is 4.35. The number of anilines is 1. The lowest BCUT2D eigenvalue weighted by Crippen LogP contribution is -2.30. The normalized spacial score (nSPS) is 11.8. The third-order valence-electron chi connectivity index (χ3n) is 4.86. The van der Waals surface area contributed by atoms with Crippen LogP contribution in [0.25, 0.3) is 22.4 Å². The molecule has 7 nitrogen and oxygen atoms in total. The number of carbonyl (C=O) groups excluding carboxylic acids is 1. The van der Waals surface area contributed by atoms with Gasteiger partial charge in [0.1, 0.15) is 11.3 Å². The predicted molar refractivity (Wildman–Crippen MR) is 122 cm³/mol. The highest BCUT2D eigenvalue weighted by Crippen LogP contribution is 2.30. The Kier molecular flexibility index (Phi) is 5.90. The molecule has 0 radical (unpaired) electrons. The van der Waals surface area contributed by atoms with Crippen LogP contribution in [0, 0.1) is 0 Å². The Balaban J connectivity index is 1.49. The monoisotopic (exact) mass is 455 g/mol. The quantitative estimate of drug-likeness (QED) is 0.430. The van der Waals surface area contributed by atoms with Crippen LogP contribution in [-0.2, 0) is 10.0 Å². The number of para-hydroxylation sites is 1. The van der Waals surface area contributed by atoms with Crippen molar-refractivity contribution in [2.45, 2.75) is 18.7 Å². The summed E-state index contributed by atoms with van der Waals surface area (Å²) in [6.07, 6.45) is 0. The minimum Gasteiger partial charge on any atom is -0.454 e. The summed E-state index contributed by atoms with van der Waals surface area (Å²) in [5, 5.41) is 5.98. The molecular formula is C22H21N3O4S2. The van der Waals surface area contributed by atoms with E-state index in [1.165, 1.54) is 39.9 Å². The van der Waals surface area contributed by atoms with Crippen LogP contribution >= 0.6 is 11.3 Å². The number of carbonyl (C=O) groups is 1. The van der Waals surface area contributed by atoms with Crippen LogP contribution in [0.5, 0.6) is 0 Å². The molecule has 2 aromatic carbocycles. The number of nitrogens with zero attached hydrogens (tertiary/aromatic N) is 2. The number of hydrogen-bond donors (Lipinski definition) is 1. The van der Waals surface area contributed by atoms with Gasteiger partial charge in [-0.05, 0) is 36.4 Å². The van der Waals surface area contributed by atoms with Gasteiger partial charge in [-0.15, -0.1) is 11.3 Å². The second-order valence-electron chi connectivity index (χ2n) is 6.75. The molecule has 2 heterocycles. The molecule has 4 rings (SSSR count). The number of sulfonamides is 1. The highest BCUT2D eigenvalue weighted by Gasteiger charge is 2.22. The highest BCUT2D eigenvalue weighted by atomic mass is 32.2. The van der Waals surface area contributed by atoms with Gasteiger partial charge in [0.2, 0.25) is 10.0 Å². The van der Waals surface area contributed by atoms with Crippen LogP contribution in [0.2, 0.25) is 0 Å². The van der Waals surface area contributed by atoms with Crippen molar-refractivity contribution in [3.8, 4) is 11.5 Å². The largest absolute Gasteiger partial charge is 0.454 e. The van der Waals surface area contributed by atoms with Gasteiger partial charge in [0.15, 0.2) is 10.9 Å². The van der Waals surface area contributed by atoms with Gasteiger partial charge in [-0.2, -0.15) is 4.31 Å². The van der Waals surface area contributed by atoms with Crippen molar-refractivity contribution in [1.29, 1.82) is 0 Å². The van der Waals surface area contributed by atoms with Crippen molar-refractivity contribution in [3.63, 3.8) is 0 Å². The van der Waals surface area contributed by atoms with E-state index in [-0.39, 0.29) is 10.8 Å². The van der Waals surface area contributed by atoms with E-state index in [0.717, 1.165) is 11.0 Å². The SMILES string of the molecule is CCN(CC)S(=O)(=O)c1ccc(C(=O)Nc2nc(-c3cc4ccccc4o3)cs2)cc1. The van der Waals surface area contributed by atoms with E-state index in [0.29, 0.717) is 35.2 Å². The van der Waals surface area contributed by atoms with Gasteiger partial charge in [-0.3, -0.25) is 10.1 Å². The van der Waals surface area contributed by atoms with Crippen LogP contribution < -0.4 is 5.32 Å². The van der Waals surface area contributed by atoms with Crippen molar-refractivity contribution in [2.75, 3.05) is 18.4 Å². The van der Waals surface area contributed by atoms with E-state index < -0.39 is 10.0 Å². The Morgan fingerprint density at radius 3 is 2.48 bits per heavy atom. The molecule has 0 aliphatic heterocycles. The molecule has 160 valence electrons. The molecule has 0 fully saturated rings. The second-order valence-corrected chi connectivity index (χ2v) is 9.55. The van der Waals surface area contributed by atoms with Crippen molar-refractivity contribution in [1.82, 2.24) is 9.29 Å². The number of hydrogen-bond acceptors (Lipinski definition) is 6. The Bertz CT molecular complexity index is 1290. The van der Waals surface area contributed by atoms with E-state index in [1.807, 2.05) is 35.7 Å². The maximum Gasteiger partial charge on any atom is 0.257 e. The molecule has 0 aliphatic carbocycles. The number of benzene rings is 2. The zero-order chi connectivity index (χ0) is 22.0. The molecule has 9 heteroatoms. The van der Waals surface area contributed by atoms with Crippen LogP contribution in [0.4, 0.5) is 5.13 Å². The molecule has 0 bridgehead atoms. The molecule has 2 aromatic heterocycles. The van der Waals surface area contributed by atoms with E-state index in [4.69, 9.17) is 4.42 Å². The summed E-state index contributed by atoms with van der Waals surface area (Å²) in [5.41, 5.74) is 1.76. The molecule has 31 heavy (non-hydrogen) atoms. The summed E-state index contributed by atoms with van der Waals surface area (Å²) in [7, 11) is -3.56. The maximum atomic E-state index is 12.6. The first kappa shape index (κ1) is 21.2. The average Bonchev–Trinajstić information content (AvgIpc) is 3.41. The smallest absolute Gasteiger partial charge is 0.257 e. The first-order valence-electron chi connectivity index (χ1n) is 9.78. The number of thiazole rings is 1. The number of furan rings is 1. The lowest BCUT2D eigenvalue weighted by molar-refractivity contribution is 0.102. The third kappa shape index (κ3) is 4.25. The summed E-state index contributed by atoms with van der Waals surface area (Å²) in [4.78, 5) is 17.2. The lowest BCUT2D eigenvalue weighted by Gasteiger charge is -2.18. The second kappa shape index (κ2) is 8.62. The van der Waals surface area contributed by atoms with Crippen LogP contribution in [-0.4, -0.2) is 36.7 Å². The fourth-order valence-electron chi connectivity index (χ4n) is 3.21. The molecule has 0 aliphatic rings. The van der Waals surface area contributed by atoms with Crippen molar-refractivity contribution >= 4 is 43.4 Å². The Labute approximate surface area is 184 Å². The van der Waals surface area contributed by atoms with Crippen molar-refractivity contribution in [3.05, 3.63) is 65.5 Å². The number of fused-ring (bicyclic) bond motifs is 1. The first-order chi connectivity index (χ1) is 14.9. The summed E-state index contributed by atoms with van der Waals surface area (Å²) >= 11 is 1.29. The zero-order valence-corrected chi connectivity index (χ0v) is 18.7. The molecular weight excluding hydrogens is 434 g/mol. The first-order valence-corrected chi connectivity index (χ1v) is 12.1. The summed E-state index contributed by atoms with van der Waals surface area (Å²) < 4.78 is 32.3. The van der Waals surface area contributed by atoms with E-state index in [1.54, 1.807) is 13.8 Å². The molecule has 0 atom stereocenters. The third-order valence-corrected chi connectivity index (χ3v) is 7.68. The molecule has 4 aromatic rings. The molecule has 0 saturated carbocycles. The summed E-state index contributed by atoms with van der Waals surface area (Å²) in [5.74, 6) is 0.265. The summed E-state index contributed by atoms with van der Waals surface area (Å²) in [6, 6.07) is 15.5. The topological polar surface area (TPSA) is 92.5 Å². The van der Waals surface area contributed by atoms with Crippen molar-refractivity contribution in [2.24, 2.45) is 0 Å². The van der Waals surface area contributed by atoms with E-state index >= 15 is 0 Å². The Morgan fingerprint density at radius 2 is 1.81 bits per heavy atom. The lowest BCUT2D eigenvalue weighted by atomic mass is 10.2. The van der Waals surface area contributed by atoms with Crippen LogP contribution in [0.1, 0.15) is 24.2 Å². The fraction of sp³-hybridized carbons (Fsp3) is 0.182. The predicted octanol–water partition coefficient (Wildman–Crippen LogP) is 4.84. The van der Waals surface area contributed by atoms with Gasteiger partial charge in [-0.1, -0.05) is 32.0 Å². The molecule has 0 spiro atoms. The molecule has 0 saturated heterocycles. The van der Waals surface area contributed by atoms with Gasteiger partial charge in [0.05, 0.1) is 4.90 Å². The van der Waals surface area contributed by atoms with Crippen molar-refractivity contribution < 1.29 is 17.6 Å². The highest BCUT2D eigenvalue weighted by molar-refractivity contribution is 7.89. The number of amides is 1. The van der Waals surface area contributed by atoms with Crippen LogP contribution in [0.3, 0.4) is 0 Å². The van der Waals surface area contributed by atoms with Gasteiger partial charge in [0, 0.05) is 29.4 Å².